The Morgan fingerprint density at radius 2 is 2.10 bits per heavy atom. The third kappa shape index (κ3) is 5.48. The summed E-state index contributed by atoms with van der Waals surface area (Å²) in [5, 5.41) is 2.88. The van der Waals surface area contributed by atoms with E-state index in [-0.39, 0.29) is 11.9 Å². The maximum Gasteiger partial charge on any atom is 0.220 e. The fourth-order valence-electron chi connectivity index (χ4n) is 1.86. The van der Waals surface area contributed by atoms with Crippen LogP contribution in [0.5, 0.6) is 11.5 Å². The number of hydrogen-bond acceptors (Lipinski definition) is 4. The maximum atomic E-state index is 11.6. The van der Waals surface area contributed by atoms with E-state index >= 15 is 0 Å². The number of amides is 1. The number of ether oxygens (including phenoxy) is 2. The first kappa shape index (κ1) is 16.3. The van der Waals surface area contributed by atoms with Crippen LogP contribution in [0.4, 0.5) is 0 Å². The minimum Gasteiger partial charge on any atom is -0.497 e. The second-order valence-electron chi connectivity index (χ2n) is 4.79. The van der Waals surface area contributed by atoms with Gasteiger partial charge in [-0.1, -0.05) is 0 Å². The number of methoxy groups -OCH3 is 2. The molecule has 1 aromatic rings. The number of hydrogen-bond donors (Lipinski definition) is 2. The molecule has 0 heterocycles. The molecule has 112 valence electrons. The highest BCUT2D eigenvalue weighted by Crippen LogP contribution is 2.24. The van der Waals surface area contributed by atoms with Gasteiger partial charge in [-0.3, -0.25) is 4.79 Å². The van der Waals surface area contributed by atoms with Gasteiger partial charge in [-0.2, -0.15) is 0 Å². The van der Waals surface area contributed by atoms with Crippen molar-refractivity contribution < 1.29 is 14.3 Å². The molecule has 1 atom stereocenters. The Balaban J connectivity index is 2.46. The van der Waals surface area contributed by atoms with Crippen LogP contribution in [0.25, 0.3) is 0 Å². The third-order valence-electron chi connectivity index (χ3n) is 3.03. The number of nitrogens with one attached hydrogen (secondary N) is 1. The molecule has 1 rings (SSSR count). The molecule has 1 amide bonds. The van der Waals surface area contributed by atoms with Gasteiger partial charge >= 0.3 is 0 Å². The molecule has 1 aromatic carbocycles. The summed E-state index contributed by atoms with van der Waals surface area (Å²) in [5.41, 5.74) is 6.63. The van der Waals surface area contributed by atoms with Gasteiger partial charge in [-0.15, -0.1) is 0 Å². The zero-order chi connectivity index (χ0) is 15.0. The fraction of sp³-hybridized carbons (Fsp3) is 0.533. The lowest BCUT2D eigenvalue weighted by atomic mass is 10.1. The van der Waals surface area contributed by atoms with E-state index < -0.39 is 0 Å². The van der Waals surface area contributed by atoms with Gasteiger partial charge in [-0.25, -0.2) is 0 Å². The molecule has 0 aromatic heterocycles. The first-order chi connectivity index (χ1) is 9.56. The predicted molar refractivity (Wildman–Crippen MR) is 79.1 cm³/mol. The Kier molecular flexibility index (Phi) is 6.87. The largest absolute Gasteiger partial charge is 0.497 e. The van der Waals surface area contributed by atoms with Crippen LogP contribution in [0.3, 0.4) is 0 Å². The highest BCUT2D eigenvalue weighted by molar-refractivity contribution is 5.75. The lowest BCUT2D eigenvalue weighted by Gasteiger charge is -2.11. The lowest BCUT2D eigenvalue weighted by molar-refractivity contribution is -0.121. The second-order valence-corrected chi connectivity index (χ2v) is 4.79. The lowest BCUT2D eigenvalue weighted by Crippen LogP contribution is -2.27. The number of rotatable bonds is 8. The molecule has 0 aliphatic heterocycles. The number of nitrogens with two attached hydrogens (primary N) is 1. The monoisotopic (exact) mass is 280 g/mol. The molecule has 0 radical (unpaired) electrons. The topological polar surface area (TPSA) is 73.6 Å². The van der Waals surface area contributed by atoms with Crippen LogP contribution < -0.4 is 20.5 Å². The van der Waals surface area contributed by atoms with E-state index in [2.05, 4.69) is 5.32 Å². The van der Waals surface area contributed by atoms with E-state index in [1.165, 1.54) is 0 Å². The summed E-state index contributed by atoms with van der Waals surface area (Å²) in [6.07, 6.45) is 1.87. The molecule has 0 aliphatic carbocycles. The van der Waals surface area contributed by atoms with Gasteiger partial charge in [0.1, 0.15) is 11.5 Å². The van der Waals surface area contributed by atoms with Crippen molar-refractivity contribution in [3.05, 3.63) is 23.8 Å². The van der Waals surface area contributed by atoms with E-state index in [0.717, 1.165) is 17.1 Å². The summed E-state index contributed by atoms with van der Waals surface area (Å²) in [6, 6.07) is 5.70. The molecule has 5 nitrogen and oxygen atoms in total. The Labute approximate surface area is 120 Å². The minimum atomic E-state index is 0.0316. The average molecular weight is 280 g/mol. The van der Waals surface area contributed by atoms with Crippen LogP contribution >= 0.6 is 0 Å². The molecule has 1 unspecified atom stereocenters. The first-order valence-electron chi connectivity index (χ1n) is 6.80. The van der Waals surface area contributed by atoms with Crippen molar-refractivity contribution in [1.29, 1.82) is 0 Å². The predicted octanol–water partition coefficient (Wildman–Crippen LogP) is 1.49. The Morgan fingerprint density at radius 3 is 2.70 bits per heavy atom. The van der Waals surface area contributed by atoms with Crippen LogP contribution in [-0.2, 0) is 11.2 Å². The zero-order valence-corrected chi connectivity index (χ0v) is 12.4. The van der Waals surface area contributed by atoms with Crippen molar-refractivity contribution in [3.63, 3.8) is 0 Å². The number of benzene rings is 1. The standard InChI is InChI=1S/C15H24N2O3/c1-11(16)4-7-15(18)17-9-8-12-10-13(19-2)5-6-14(12)20-3/h5-6,10-11H,4,7-9,16H2,1-3H3,(H,17,18). The summed E-state index contributed by atoms with van der Waals surface area (Å²) in [4.78, 5) is 11.6. The summed E-state index contributed by atoms with van der Waals surface area (Å²) in [5.74, 6) is 1.61. The van der Waals surface area contributed by atoms with E-state index in [1.807, 2.05) is 25.1 Å². The maximum absolute atomic E-state index is 11.6. The van der Waals surface area contributed by atoms with Crippen molar-refractivity contribution in [2.24, 2.45) is 5.73 Å². The van der Waals surface area contributed by atoms with Crippen LogP contribution in [-0.4, -0.2) is 32.7 Å². The molecule has 20 heavy (non-hydrogen) atoms. The normalized spacial score (nSPS) is 11.8. The SMILES string of the molecule is COc1ccc(OC)c(CCNC(=O)CCC(C)N)c1. The molecular formula is C15H24N2O3. The zero-order valence-electron chi connectivity index (χ0n) is 12.4. The molecule has 0 bridgehead atoms. The molecule has 5 heteroatoms. The second kappa shape index (κ2) is 8.43. The van der Waals surface area contributed by atoms with Gasteiger partial charge in [0.25, 0.3) is 0 Å². The van der Waals surface area contributed by atoms with E-state index in [0.29, 0.717) is 25.8 Å². The van der Waals surface area contributed by atoms with E-state index in [9.17, 15) is 4.79 Å². The van der Waals surface area contributed by atoms with E-state index in [4.69, 9.17) is 15.2 Å². The smallest absolute Gasteiger partial charge is 0.220 e. The highest BCUT2D eigenvalue weighted by atomic mass is 16.5. The van der Waals surface area contributed by atoms with Crippen LogP contribution in [0.2, 0.25) is 0 Å². The molecular weight excluding hydrogens is 256 g/mol. The van der Waals surface area contributed by atoms with Gasteiger partial charge in [0, 0.05) is 19.0 Å². The van der Waals surface area contributed by atoms with Crippen molar-refractivity contribution in [2.45, 2.75) is 32.2 Å². The number of carbonyl (C=O) groups is 1. The summed E-state index contributed by atoms with van der Waals surface area (Å²) < 4.78 is 10.5. The average Bonchev–Trinajstić information content (AvgIpc) is 2.45. The van der Waals surface area contributed by atoms with Crippen LogP contribution in [0.15, 0.2) is 18.2 Å². The third-order valence-corrected chi connectivity index (χ3v) is 3.03. The number of carbonyl (C=O) groups excluding carboxylic acids is 1. The quantitative estimate of drug-likeness (QED) is 0.756. The molecule has 0 saturated carbocycles. The highest BCUT2D eigenvalue weighted by Gasteiger charge is 2.07. The fourth-order valence-corrected chi connectivity index (χ4v) is 1.86. The minimum absolute atomic E-state index is 0.0316. The molecule has 0 saturated heterocycles. The van der Waals surface area contributed by atoms with Crippen LogP contribution in [0, 0.1) is 0 Å². The van der Waals surface area contributed by atoms with Gasteiger partial charge in [0.05, 0.1) is 14.2 Å². The summed E-state index contributed by atoms with van der Waals surface area (Å²) >= 11 is 0. The van der Waals surface area contributed by atoms with Crippen molar-refractivity contribution >= 4 is 5.91 Å². The van der Waals surface area contributed by atoms with Crippen molar-refractivity contribution in [3.8, 4) is 11.5 Å². The van der Waals surface area contributed by atoms with Gasteiger partial charge in [0.2, 0.25) is 5.91 Å². The van der Waals surface area contributed by atoms with E-state index in [1.54, 1.807) is 14.2 Å². The molecule has 0 spiro atoms. The van der Waals surface area contributed by atoms with Gasteiger partial charge < -0.3 is 20.5 Å². The molecule has 0 aliphatic rings. The van der Waals surface area contributed by atoms with Gasteiger partial charge in [-0.05, 0) is 43.5 Å². The summed E-state index contributed by atoms with van der Waals surface area (Å²) in [7, 11) is 3.26. The first-order valence-corrected chi connectivity index (χ1v) is 6.80. The van der Waals surface area contributed by atoms with Gasteiger partial charge in [0.15, 0.2) is 0 Å². The van der Waals surface area contributed by atoms with Crippen molar-refractivity contribution in [1.82, 2.24) is 5.32 Å². The molecule has 3 N–H and O–H groups in total. The molecule has 0 fully saturated rings. The Hall–Kier alpha value is -1.75. The Bertz CT molecular complexity index is 433. The van der Waals surface area contributed by atoms with Crippen LogP contribution in [0.1, 0.15) is 25.3 Å². The van der Waals surface area contributed by atoms with Crippen molar-refractivity contribution in [2.75, 3.05) is 20.8 Å². The Morgan fingerprint density at radius 1 is 1.35 bits per heavy atom. The summed E-state index contributed by atoms with van der Waals surface area (Å²) in [6.45, 7) is 2.47.